The Hall–Kier alpha value is -4.18. The van der Waals surface area contributed by atoms with Crippen LogP contribution in [0.15, 0.2) is 53.3 Å². The predicted octanol–water partition coefficient (Wildman–Crippen LogP) is 3.21. The number of halogens is 1. The zero-order valence-electron chi connectivity index (χ0n) is 19.5. The maximum absolute atomic E-state index is 13.9. The number of carbonyl (C=O) groups excluding carboxylic acids is 1. The van der Waals surface area contributed by atoms with Crippen LogP contribution in [-0.2, 0) is 0 Å². The third-order valence-corrected chi connectivity index (χ3v) is 6.98. The van der Waals surface area contributed by atoms with Crippen LogP contribution in [0.5, 0.6) is 0 Å². The van der Waals surface area contributed by atoms with E-state index < -0.39 is 0 Å². The van der Waals surface area contributed by atoms with Crippen molar-refractivity contribution in [1.29, 1.82) is 0 Å². The summed E-state index contributed by atoms with van der Waals surface area (Å²) in [4.78, 5) is 44.3. The summed E-state index contributed by atoms with van der Waals surface area (Å²) >= 11 is 6.44. The number of fused-ring (bicyclic) bond motifs is 2. The summed E-state index contributed by atoms with van der Waals surface area (Å²) in [6.45, 7) is 0.939. The fourth-order valence-corrected chi connectivity index (χ4v) is 5.25. The first kappa shape index (κ1) is 22.3. The van der Waals surface area contributed by atoms with E-state index >= 15 is 0 Å². The fourth-order valence-electron chi connectivity index (χ4n) is 5.00. The molecular weight excluding hydrogens is 480 g/mol. The molecule has 11 heteroatoms. The molecule has 1 fully saturated rings. The van der Waals surface area contributed by atoms with Gasteiger partial charge in [0, 0.05) is 13.6 Å². The number of nitrogens with zero attached hydrogens (tertiary/aromatic N) is 6. The molecule has 0 radical (unpaired) electrons. The molecule has 0 bridgehead atoms. The fraction of sp³-hybridized carbons (Fsp3) is 0.240. The number of amides is 1. The normalized spacial score (nSPS) is 17.4. The number of hydrogen-bond acceptors (Lipinski definition) is 8. The Bertz CT molecular complexity index is 1570. The summed E-state index contributed by atoms with van der Waals surface area (Å²) in [5.74, 6) is 1.27. The van der Waals surface area contributed by atoms with Crippen LogP contribution in [0.3, 0.4) is 0 Å². The standard InChI is InChI=1S/C25H23ClN8O2/c1-32-13-28-20-19(23(32)35)22(31-25(27)30-20)33-12-6-11-17(33)21-29-16-10-5-9-15(26)18(16)24(36)34(21)14-7-3-2-4-8-14/h2-5,7-10,17H,6,11-13H2,1H3,(H3,27,28,30,31). The number of nitrogens with two attached hydrogens (primary N) is 1. The molecule has 4 heterocycles. The van der Waals surface area contributed by atoms with Crippen LogP contribution in [0.1, 0.15) is 35.1 Å². The summed E-state index contributed by atoms with van der Waals surface area (Å²) < 4.78 is 1.61. The van der Waals surface area contributed by atoms with Crippen LogP contribution >= 0.6 is 11.6 Å². The molecule has 36 heavy (non-hydrogen) atoms. The van der Waals surface area contributed by atoms with E-state index in [2.05, 4.69) is 15.3 Å². The highest BCUT2D eigenvalue weighted by Crippen LogP contribution is 2.40. The smallest absolute Gasteiger partial charge is 0.267 e. The first-order valence-corrected chi connectivity index (χ1v) is 12.0. The average molecular weight is 503 g/mol. The predicted molar refractivity (Wildman–Crippen MR) is 139 cm³/mol. The second-order valence-corrected chi connectivity index (χ2v) is 9.31. The van der Waals surface area contributed by atoms with Gasteiger partial charge >= 0.3 is 0 Å². The average Bonchev–Trinajstić information content (AvgIpc) is 3.36. The summed E-state index contributed by atoms with van der Waals surface area (Å²) in [6.07, 6.45) is 1.53. The number of anilines is 3. The molecule has 2 aromatic carbocycles. The van der Waals surface area contributed by atoms with E-state index in [0.717, 1.165) is 6.42 Å². The van der Waals surface area contributed by atoms with Gasteiger partial charge in [0.05, 0.1) is 34.3 Å². The van der Waals surface area contributed by atoms with Crippen LogP contribution in [0.25, 0.3) is 16.6 Å². The van der Waals surface area contributed by atoms with E-state index in [1.807, 2.05) is 35.2 Å². The molecule has 0 spiro atoms. The van der Waals surface area contributed by atoms with E-state index in [-0.39, 0.29) is 23.5 Å². The number of nitrogen functional groups attached to an aromatic ring is 1. The Morgan fingerprint density at radius 2 is 1.86 bits per heavy atom. The number of para-hydroxylation sites is 1. The van der Waals surface area contributed by atoms with Crippen LogP contribution in [0.2, 0.25) is 5.02 Å². The Kier molecular flexibility index (Phi) is 5.26. The minimum atomic E-state index is -0.334. The highest BCUT2D eigenvalue weighted by atomic mass is 35.5. The Balaban J connectivity index is 1.59. The largest absolute Gasteiger partial charge is 0.368 e. The lowest BCUT2D eigenvalue weighted by Gasteiger charge is -2.32. The van der Waals surface area contributed by atoms with E-state index in [4.69, 9.17) is 22.3 Å². The number of carbonyl (C=O) groups is 1. The van der Waals surface area contributed by atoms with Gasteiger partial charge in [-0.2, -0.15) is 9.97 Å². The molecule has 6 rings (SSSR count). The Morgan fingerprint density at radius 1 is 1.06 bits per heavy atom. The summed E-state index contributed by atoms with van der Waals surface area (Å²) in [5, 5.41) is 3.85. The van der Waals surface area contributed by atoms with Crippen LogP contribution in [0.4, 0.5) is 17.6 Å². The molecule has 1 saturated heterocycles. The molecule has 1 unspecified atom stereocenters. The van der Waals surface area contributed by atoms with Gasteiger partial charge in [-0.05, 0) is 37.1 Å². The molecule has 2 aliphatic rings. The van der Waals surface area contributed by atoms with Crippen LogP contribution in [0, 0.1) is 0 Å². The maximum atomic E-state index is 13.9. The zero-order chi connectivity index (χ0) is 25.0. The van der Waals surface area contributed by atoms with Crippen LogP contribution in [-0.4, -0.2) is 50.6 Å². The molecule has 1 atom stereocenters. The first-order valence-electron chi connectivity index (χ1n) is 11.6. The van der Waals surface area contributed by atoms with Gasteiger partial charge < -0.3 is 20.9 Å². The van der Waals surface area contributed by atoms with Crippen LogP contribution < -0.4 is 21.5 Å². The summed E-state index contributed by atoms with van der Waals surface area (Å²) in [6, 6.07) is 14.3. The minimum absolute atomic E-state index is 0.0676. The molecule has 4 aromatic rings. The SMILES string of the molecule is CN1CNc2nc(N)nc(N3CCCC3c3nc4cccc(Cl)c4c(=O)n3-c3ccccc3)c2C1=O. The highest BCUT2D eigenvalue weighted by Gasteiger charge is 2.37. The van der Waals surface area contributed by atoms with Gasteiger partial charge in [0.15, 0.2) is 0 Å². The molecule has 0 aliphatic carbocycles. The lowest BCUT2D eigenvalue weighted by Crippen LogP contribution is -2.40. The maximum Gasteiger partial charge on any atom is 0.267 e. The van der Waals surface area contributed by atoms with Gasteiger partial charge in [0.1, 0.15) is 23.0 Å². The number of rotatable bonds is 3. The molecule has 1 amide bonds. The van der Waals surface area contributed by atoms with E-state index in [9.17, 15) is 9.59 Å². The molecule has 0 saturated carbocycles. The lowest BCUT2D eigenvalue weighted by atomic mass is 10.1. The van der Waals surface area contributed by atoms with Crippen molar-refractivity contribution in [2.24, 2.45) is 0 Å². The lowest BCUT2D eigenvalue weighted by molar-refractivity contribution is 0.0796. The third-order valence-electron chi connectivity index (χ3n) is 6.66. The molecule has 3 N–H and O–H groups in total. The van der Waals surface area contributed by atoms with Gasteiger partial charge in [-0.25, -0.2) is 4.98 Å². The topological polar surface area (TPSA) is 122 Å². The van der Waals surface area contributed by atoms with Crippen molar-refractivity contribution in [3.8, 4) is 5.69 Å². The number of benzene rings is 2. The van der Waals surface area contributed by atoms with Gasteiger partial charge in [0.2, 0.25) is 5.95 Å². The highest BCUT2D eigenvalue weighted by molar-refractivity contribution is 6.35. The first-order chi connectivity index (χ1) is 17.4. The number of nitrogens with one attached hydrogen (secondary N) is 1. The van der Waals surface area contributed by atoms with Crippen molar-refractivity contribution < 1.29 is 4.79 Å². The summed E-state index contributed by atoms with van der Waals surface area (Å²) in [7, 11) is 1.71. The van der Waals surface area contributed by atoms with E-state index in [0.29, 0.717) is 64.3 Å². The molecule has 2 aliphatic heterocycles. The van der Waals surface area contributed by atoms with Gasteiger partial charge in [-0.15, -0.1) is 0 Å². The van der Waals surface area contributed by atoms with Gasteiger partial charge in [-0.3, -0.25) is 14.2 Å². The quantitative estimate of drug-likeness (QED) is 0.438. The zero-order valence-corrected chi connectivity index (χ0v) is 20.2. The number of hydrogen-bond donors (Lipinski definition) is 2. The van der Waals surface area contributed by atoms with Crippen molar-refractivity contribution in [2.75, 3.05) is 36.2 Å². The minimum Gasteiger partial charge on any atom is -0.368 e. The van der Waals surface area contributed by atoms with E-state index in [1.165, 1.54) is 0 Å². The Morgan fingerprint density at radius 3 is 2.67 bits per heavy atom. The van der Waals surface area contributed by atoms with Crippen molar-refractivity contribution >= 4 is 46.0 Å². The second kappa shape index (κ2) is 8.49. The van der Waals surface area contributed by atoms with Crippen molar-refractivity contribution in [3.63, 3.8) is 0 Å². The molecular formula is C25H23ClN8O2. The molecule has 2 aromatic heterocycles. The van der Waals surface area contributed by atoms with E-state index in [1.54, 1.807) is 34.7 Å². The van der Waals surface area contributed by atoms with Crippen molar-refractivity contribution in [2.45, 2.75) is 18.9 Å². The third kappa shape index (κ3) is 3.44. The van der Waals surface area contributed by atoms with Crippen molar-refractivity contribution in [1.82, 2.24) is 24.4 Å². The van der Waals surface area contributed by atoms with Gasteiger partial charge in [-0.1, -0.05) is 35.9 Å². The monoisotopic (exact) mass is 502 g/mol. The second-order valence-electron chi connectivity index (χ2n) is 8.90. The summed E-state index contributed by atoms with van der Waals surface area (Å²) in [5.41, 5.74) is 7.36. The molecule has 10 nitrogen and oxygen atoms in total. The number of aromatic nitrogens is 4. The Labute approximate surface area is 211 Å². The van der Waals surface area contributed by atoms with Crippen molar-refractivity contribution in [3.05, 3.63) is 75.3 Å². The van der Waals surface area contributed by atoms with Gasteiger partial charge in [0.25, 0.3) is 11.5 Å². The molecule has 182 valence electrons.